The molecule has 0 aromatic heterocycles. The molecule has 5 aliphatic carbocycles. The molecule has 3 heteroatoms. The molecule has 9 atom stereocenters. The molecule has 3 nitrogen and oxygen atoms in total. The van der Waals surface area contributed by atoms with Crippen LogP contribution in [0.2, 0.25) is 0 Å². The minimum absolute atomic E-state index is 0.0600. The van der Waals surface area contributed by atoms with E-state index < -0.39 is 11.4 Å². The number of fused-ring (bicyclic) bond motifs is 7. The fourth-order valence-electron chi connectivity index (χ4n) is 10.7. The van der Waals surface area contributed by atoms with Crippen molar-refractivity contribution in [1.82, 2.24) is 0 Å². The number of ketones is 1. The number of Topliss-reactive ketones (excluding diaryl/α,β-unsaturated/α-hetero) is 1. The van der Waals surface area contributed by atoms with Crippen LogP contribution in [-0.2, 0) is 9.59 Å². The average Bonchev–Trinajstić information content (AvgIpc) is 2.74. The largest absolute Gasteiger partial charge is 0.481 e. The third kappa shape index (κ3) is 2.69. The van der Waals surface area contributed by atoms with E-state index in [0.29, 0.717) is 29.5 Å². The van der Waals surface area contributed by atoms with Crippen LogP contribution in [0.1, 0.15) is 106 Å². The summed E-state index contributed by atoms with van der Waals surface area (Å²) in [7, 11) is 0. The first-order valence-corrected chi connectivity index (χ1v) is 13.7. The lowest BCUT2D eigenvalue weighted by molar-refractivity contribution is -0.190. The van der Waals surface area contributed by atoms with Gasteiger partial charge in [-0.15, -0.1) is 0 Å². The number of aliphatic carboxylic acids is 1. The number of allylic oxidation sites excluding steroid dienone is 2. The highest BCUT2D eigenvalue weighted by molar-refractivity contribution is 5.85. The Morgan fingerprint density at radius 3 is 2.30 bits per heavy atom. The lowest BCUT2D eigenvalue weighted by Crippen LogP contribution is -2.65. The Morgan fingerprint density at radius 2 is 1.64 bits per heavy atom. The van der Waals surface area contributed by atoms with Gasteiger partial charge in [0.15, 0.2) is 0 Å². The second-order valence-corrected chi connectivity index (χ2v) is 14.3. The highest BCUT2D eigenvalue weighted by Crippen LogP contribution is 2.75. The summed E-state index contributed by atoms with van der Waals surface area (Å²) in [5.74, 6) is 2.10. The maximum Gasteiger partial charge on any atom is 0.310 e. The van der Waals surface area contributed by atoms with E-state index in [1.807, 2.05) is 0 Å². The van der Waals surface area contributed by atoms with Crippen molar-refractivity contribution in [3.05, 3.63) is 11.6 Å². The quantitative estimate of drug-likeness (QED) is 0.423. The molecule has 0 spiro atoms. The summed E-state index contributed by atoms with van der Waals surface area (Å²) in [6.07, 6.45) is 11.3. The highest BCUT2D eigenvalue weighted by atomic mass is 16.4. The Bertz CT molecular complexity index is 916. The normalized spacial score (nSPS) is 53.1. The first-order chi connectivity index (χ1) is 15.3. The van der Waals surface area contributed by atoms with E-state index in [4.69, 9.17) is 0 Å². The molecule has 5 rings (SSSR count). The zero-order valence-corrected chi connectivity index (χ0v) is 22.1. The van der Waals surface area contributed by atoms with Crippen LogP contribution in [0.3, 0.4) is 0 Å². The lowest BCUT2D eigenvalue weighted by atomic mass is 9.33. The van der Waals surface area contributed by atoms with Crippen LogP contribution < -0.4 is 0 Å². The van der Waals surface area contributed by atoms with Crippen LogP contribution in [0.15, 0.2) is 11.6 Å². The van der Waals surface area contributed by atoms with Gasteiger partial charge in [0.05, 0.1) is 5.41 Å². The monoisotopic (exact) mass is 454 g/mol. The molecule has 184 valence electrons. The lowest BCUT2D eigenvalue weighted by Gasteiger charge is -2.70. The van der Waals surface area contributed by atoms with Gasteiger partial charge in [0.2, 0.25) is 0 Å². The van der Waals surface area contributed by atoms with E-state index in [1.165, 1.54) is 12.0 Å². The highest BCUT2D eigenvalue weighted by Gasteiger charge is 2.69. The SMILES string of the molecule is CC1CC[C@]2(C(=O)O)CC[C@]3(C)C(=CC[C@@H]4[C@@]5(C)CCC(=O)C(C)(C)[C@@H]5CC[C@]43C)[C@@H]2C1C. The number of carbonyl (C=O) groups excluding carboxylic acids is 1. The summed E-state index contributed by atoms with van der Waals surface area (Å²) in [6.45, 7) is 16.7. The standard InChI is InChI=1S/C30H46O3/c1-18-10-15-30(25(32)33)17-16-28(6)20(24(30)19(18)2)8-9-22-27(5)13-12-23(31)26(3,4)21(27)11-14-29(22,28)7/h8,18-19,21-22,24H,9-17H2,1-7H3,(H,32,33)/t18?,19?,21-,22+,24-,27-,28+,29+,30-/m0/s1. The van der Waals surface area contributed by atoms with Crippen LogP contribution in [0, 0.1) is 56.7 Å². The second-order valence-electron chi connectivity index (χ2n) is 14.3. The minimum Gasteiger partial charge on any atom is -0.481 e. The molecule has 0 bridgehead atoms. The van der Waals surface area contributed by atoms with E-state index in [9.17, 15) is 14.7 Å². The van der Waals surface area contributed by atoms with E-state index in [1.54, 1.807) is 0 Å². The first kappa shape index (κ1) is 23.6. The molecule has 0 aliphatic heterocycles. The Kier molecular flexibility index (Phi) is 4.99. The molecule has 5 aliphatic rings. The molecule has 33 heavy (non-hydrogen) atoms. The summed E-state index contributed by atoms with van der Waals surface area (Å²) in [6, 6.07) is 0. The zero-order valence-electron chi connectivity index (χ0n) is 22.1. The van der Waals surface area contributed by atoms with E-state index in [0.717, 1.165) is 51.4 Å². The molecule has 4 saturated carbocycles. The molecule has 0 heterocycles. The Hall–Kier alpha value is -1.12. The van der Waals surface area contributed by atoms with Gasteiger partial charge in [0.25, 0.3) is 0 Å². The minimum atomic E-state index is -0.569. The molecule has 0 aromatic rings. The van der Waals surface area contributed by atoms with Gasteiger partial charge in [-0.1, -0.05) is 60.1 Å². The Balaban J connectivity index is 1.62. The fraction of sp³-hybridized carbons (Fsp3) is 0.867. The zero-order chi connectivity index (χ0) is 24.2. The summed E-state index contributed by atoms with van der Waals surface area (Å²) in [5.41, 5.74) is 1.12. The molecular formula is C30H46O3. The van der Waals surface area contributed by atoms with Crippen molar-refractivity contribution in [1.29, 1.82) is 0 Å². The number of carboxylic acids is 1. The molecule has 4 fully saturated rings. The number of hydrogen-bond acceptors (Lipinski definition) is 2. The van der Waals surface area contributed by atoms with E-state index in [-0.39, 0.29) is 27.6 Å². The van der Waals surface area contributed by atoms with Gasteiger partial charge in [-0.25, -0.2) is 0 Å². The van der Waals surface area contributed by atoms with Crippen molar-refractivity contribution >= 4 is 11.8 Å². The van der Waals surface area contributed by atoms with Crippen molar-refractivity contribution < 1.29 is 14.7 Å². The molecular weight excluding hydrogens is 408 g/mol. The number of carbonyl (C=O) groups is 2. The topological polar surface area (TPSA) is 54.4 Å². The van der Waals surface area contributed by atoms with Gasteiger partial charge in [0, 0.05) is 11.8 Å². The van der Waals surface area contributed by atoms with Crippen molar-refractivity contribution in [2.45, 2.75) is 106 Å². The van der Waals surface area contributed by atoms with E-state index in [2.05, 4.69) is 54.5 Å². The maximum absolute atomic E-state index is 12.9. The van der Waals surface area contributed by atoms with Gasteiger partial charge >= 0.3 is 5.97 Å². The fourth-order valence-corrected chi connectivity index (χ4v) is 10.7. The molecule has 2 unspecified atom stereocenters. The van der Waals surface area contributed by atoms with Crippen molar-refractivity contribution in [3.63, 3.8) is 0 Å². The Labute approximate surface area is 201 Å². The average molecular weight is 455 g/mol. The predicted octanol–water partition coefficient (Wildman–Crippen LogP) is 7.30. The van der Waals surface area contributed by atoms with Crippen molar-refractivity contribution in [2.75, 3.05) is 0 Å². The smallest absolute Gasteiger partial charge is 0.310 e. The molecule has 0 saturated heterocycles. The molecule has 0 radical (unpaired) electrons. The number of carboxylic acid groups (broad SMARTS) is 1. The summed E-state index contributed by atoms with van der Waals surface area (Å²) in [5, 5.41) is 10.5. The maximum atomic E-state index is 12.9. The molecule has 0 aromatic carbocycles. The summed E-state index contributed by atoms with van der Waals surface area (Å²) < 4.78 is 0. The Morgan fingerprint density at radius 1 is 0.939 bits per heavy atom. The molecule has 1 N–H and O–H groups in total. The van der Waals surface area contributed by atoms with Gasteiger partial charge < -0.3 is 5.11 Å². The van der Waals surface area contributed by atoms with Gasteiger partial charge in [-0.3, -0.25) is 9.59 Å². The van der Waals surface area contributed by atoms with Crippen molar-refractivity contribution in [3.8, 4) is 0 Å². The summed E-state index contributed by atoms with van der Waals surface area (Å²) >= 11 is 0. The van der Waals surface area contributed by atoms with Crippen LogP contribution in [0.25, 0.3) is 0 Å². The molecule has 0 amide bonds. The third-order valence-electron chi connectivity index (χ3n) is 13.2. The van der Waals surface area contributed by atoms with Crippen LogP contribution in [0.5, 0.6) is 0 Å². The number of rotatable bonds is 1. The second kappa shape index (κ2) is 6.97. The third-order valence-corrected chi connectivity index (χ3v) is 13.2. The van der Waals surface area contributed by atoms with Gasteiger partial charge in [-0.05, 0) is 97.2 Å². The number of hydrogen-bond donors (Lipinski definition) is 1. The summed E-state index contributed by atoms with van der Waals surface area (Å²) in [4.78, 5) is 25.7. The van der Waals surface area contributed by atoms with E-state index >= 15 is 0 Å². The van der Waals surface area contributed by atoms with Gasteiger partial charge in [-0.2, -0.15) is 0 Å². The predicted molar refractivity (Wildman–Crippen MR) is 132 cm³/mol. The van der Waals surface area contributed by atoms with Gasteiger partial charge in [0.1, 0.15) is 5.78 Å². The van der Waals surface area contributed by atoms with Crippen LogP contribution in [-0.4, -0.2) is 16.9 Å². The van der Waals surface area contributed by atoms with Crippen molar-refractivity contribution in [2.24, 2.45) is 56.7 Å². The first-order valence-electron chi connectivity index (χ1n) is 13.7. The van der Waals surface area contributed by atoms with Crippen LogP contribution >= 0.6 is 0 Å². The van der Waals surface area contributed by atoms with Crippen LogP contribution in [0.4, 0.5) is 0 Å².